The smallest absolute Gasteiger partial charge is 0.223 e. The second kappa shape index (κ2) is 9.67. The van der Waals surface area contributed by atoms with Crippen molar-refractivity contribution in [3.63, 3.8) is 0 Å². The van der Waals surface area contributed by atoms with Gasteiger partial charge in [-0.3, -0.25) is 4.79 Å². The Morgan fingerprint density at radius 3 is 2.75 bits per heavy atom. The van der Waals surface area contributed by atoms with Gasteiger partial charge in [-0.05, 0) is 12.8 Å². The highest BCUT2D eigenvalue weighted by molar-refractivity contribution is 5.85. The van der Waals surface area contributed by atoms with Crippen LogP contribution in [0.5, 0.6) is 0 Å². The summed E-state index contributed by atoms with van der Waals surface area (Å²) in [6.45, 7) is 1.37. The van der Waals surface area contributed by atoms with Crippen LogP contribution in [0.25, 0.3) is 11.3 Å². The van der Waals surface area contributed by atoms with Crippen LogP contribution >= 0.6 is 24.8 Å². The number of nitrogens with two attached hydrogens (primary N) is 1. The second-order valence-corrected chi connectivity index (χ2v) is 5.60. The molecule has 2 heterocycles. The minimum atomic E-state index is 0. The van der Waals surface area contributed by atoms with E-state index in [0.29, 0.717) is 25.3 Å². The van der Waals surface area contributed by atoms with Gasteiger partial charge in [-0.1, -0.05) is 30.3 Å². The van der Waals surface area contributed by atoms with Crippen LogP contribution in [0.3, 0.4) is 0 Å². The van der Waals surface area contributed by atoms with Gasteiger partial charge in [-0.15, -0.1) is 24.8 Å². The van der Waals surface area contributed by atoms with Crippen molar-refractivity contribution in [3.05, 3.63) is 42.4 Å². The molecule has 0 radical (unpaired) electrons. The van der Waals surface area contributed by atoms with E-state index < -0.39 is 0 Å². The van der Waals surface area contributed by atoms with Crippen LogP contribution in [-0.2, 0) is 11.2 Å². The molecule has 0 spiro atoms. The number of oxazole rings is 1. The number of carbonyl (C=O) groups excluding carboxylic acids is 1. The summed E-state index contributed by atoms with van der Waals surface area (Å²) in [5.41, 5.74) is 6.71. The van der Waals surface area contributed by atoms with Gasteiger partial charge in [-0.25, -0.2) is 4.98 Å². The molecule has 3 rings (SSSR count). The summed E-state index contributed by atoms with van der Waals surface area (Å²) in [5.74, 6) is 1.49. The molecule has 1 aliphatic heterocycles. The molecule has 7 heteroatoms. The summed E-state index contributed by atoms with van der Waals surface area (Å²) in [6.07, 6.45) is 4.72. The normalized spacial score (nSPS) is 16.4. The Kier molecular flexibility index (Phi) is 8.25. The van der Waals surface area contributed by atoms with E-state index in [2.05, 4.69) is 4.98 Å². The Morgan fingerprint density at radius 1 is 1.29 bits per heavy atom. The first-order chi connectivity index (χ1) is 10.8. The fourth-order valence-corrected chi connectivity index (χ4v) is 2.93. The average molecular weight is 372 g/mol. The molecule has 0 aliphatic carbocycles. The number of aryl methyl sites for hydroxylation is 1. The zero-order chi connectivity index (χ0) is 15.4. The molecular formula is C17H23Cl2N3O2. The molecule has 1 amide bonds. The minimum Gasteiger partial charge on any atom is -0.441 e. The molecule has 1 atom stereocenters. The van der Waals surface area contributed by atoms with Crippen LogP contribution in [0.1, 0.15) is 25.2 Å². The third kappa shape index (κ3) is 4.72. The molecular weight excluding hydrogens is 349 g/mol. The summed E-state index contributed by atoms with van der Waals surface area (Å²) in [4.78, 5) is 18.4. The van der Waals surface area contributed by atoms with Crippen molar-refractivity contribution in [2.24, 2.45) is 5.73 Å². The highest BCUT2D eigenvalue weighted by Crippen LogP contribution is 2.21. The topological polar surface area (TPSA) is 72.4 Å². The second-order valence-electron chi connectivity index (χ2n) is 5.60. The lowest BCUT2D eigenvalue weighted by atomic mass is 10.2. The van der Waals surface area contributed by atoms with Gasteiger partial charge >= 0.3 is 0 Å². The predicted octanol–water partition coefficient (Wildman–Crippen LogP) is 3.07. The number of likely N-dealkylation sites (tertiary alicyclic amines) is 1. The summed E-state index contributed by atoms with van der Waals surface area (Å²) in [6, 6.07) is 10.0. The molecule has 1 aromatic carbocycles. The van der Waals surface area contributed by atoms with E-state index in [1.54, 1.807) is 6.20 Å². The number of benzene rings is 1. The summed E-state index contributed by atoms with van der Waals surface area (Å²) < 4.78 is 5.73. The van der Waals surface area contributed by atoms with Crippen LogP contribution < -0.4 is 5.73 Å². The molecule has 2 aromatic rings. The van der Waals surface area contributed by atoms with Gasteiger partial charge in [-0.2, -0.15) is 0 Å². The van der Waals surface area contributed by atoms with Crippen molar-refractivity contribution in [2.75, 3.05) is 13.1 Å². The molecule has 24 heavy (non-hydrogen) atoms. The van der Waals surface area contributed by atoms with Gasteiger partial charge < -0.3 is 15.1 Å². The molecule has 1 unspecified atom stereocenters. The molecule has 1 saturated heterocycles. The first-order valence-corrected chi connectivity index (χ1v) is 7.77. The van der Waals surface area contributed by atoms with E-state index in [-0.39, 0.29) is 36.8 Å². The van der Waals surface area contributed by atoms with Crippen molar-refractivity contribution < 1.29 is 9.21 Å². The number of nitrogens with zero attached hydrogens (tertiary/aromatic N) is 2. The largest absolute Gasteiger partial charge is 0.441 e. The number of carbonyl (C=O) groups is 1. The highest BCUT2D eigenvalue weighted by atomic mass is 35.5. The number of aromatic nitrogens is 1. The third-order valence-electron chi connectivity index (χ3n) is 4.13. The summed E-state index contributed by atoms with van der Waals surface area (Å²) >= 11 is 0. The Labute approximate surface area is 154 Å². The standard InChI is InChI=1S/C17H21N3O2.2ClH/c18-11-14-7-4-10-20(14)17(21)9-8-16-19-12-15(22-16)13-5-2-1-3-6-13;;/h1-3,5-6,12,14H,4,7-11,18H2;2*1H. The van der Waals surface area contributed by atoms with E-state index in [0.717, 1.165) is 30.7 Å². The fourth-order valence-electron chi connectivity index (χ4n) is 2.93. The highest BCUT2D eigenvalue weighted by Gasteiger charge is 2.27. The van der Waals surface area contributed by atoms with Crippen LogP contribution in [0.2, 0.25) is 0 Å². The number of halogens is 2. The molecule has 0 bridgehead atoms. The van der Waals surface area contributed by atoms with Gasteiger partial charge in [0.15, 0.2) is 11.7 Å². The Bertz CT molecular complexity index is 634. The molecule has 0 saturated carbocycles. The third-order valence-corrected chi connectivity index (χ3v) is 4.13. The van der Waals surface area contributed by atoms with E-state index in [1.807, 2.05) is 35.2 Å². The van der Waals surface area contributed by atoms with Gasteiger partial charge in [0, 0.05) is 37.5 Å². The van der Waals surface area contributed by atoms with Crippen LogP contribution in [0, 0.1) is 0 Å². The number of rotatable bonds is 5. The van der Waals surface area contributed by atoms with Gasteiger partial charge in [0.1, 0.15) is 0 Å². The minimum absolute atomic E-state index is 0. The van der Waals surface area contributed by atoms with E-state index in [1.165, 1.54) is 0 Å². The average Bonchev–Trinajstić information content (AvgIpc) is 3.22. The quantitative estimate of drug-likeness (QED) is 0.876. The van der Waals surface area contributed by atoms with Crippen molar-refractivity contribution in [1.29, 1.82) is 0 Å². The SMILES string of the molecule is Cl.Cl.NCC1CCCN1C(=O)CCc1ncc(-c2ccccc2)o1. The maximum atomic E-state index is 12.3. The Balaban J connectivity index is 0.00000144. The van der Waals surface area contributed by atoms with E-state index in [9.17, 15) is 4.79 Å². The summed E-state index contributed by atoms with van der Waals surface area (Å²) in [5, 5.41) is 0. The maximum Gasteiger partial charge on any atom is 0.223 e. The number of hydrogen-bond acceptors (Lipinski definition) is 4. The van der Waals surface area contributed by atoms with E-state index >= 15 is 0 Å². The monoisotopic (exact) mass is 371 g/mol. The zero-order valence-electron chi connectivity index (χ0n) is 13.4. The van der Waals surface area contributed by atoms with Gasteiger partial charge in [0.25, 0.3) is 0 Å². The first kappa shape index (κ1) is 20.5. The van der Waals surface area contributed by atoms with Crippen molar-refractivity contribution in [2.45, 2.75) is 31.7 Å². The van der Waals surface area contributed by atoms with Gasteiger partial charge in [0.2, 0.25) is 5.91 Å². The summed E-state index contributed by atoms with van der Waals surface area (Å²) in [7, 11) is 0. The lowest BCUT2D eigenvalue weighted by Crippen LogP contribution is -2.40. The maximum absolute atomic E-state index is 12.3. The zero-order valence-corrected chi connectivity index (χ0v) is 15.0. The molecule has 5 nitrogen and oxygen atoms in total. The molecule has 1 aromatic heterocycles. The van der Waals surface area contributed by atoms with Crippen LogP contribution in [0.15, 0.2) is 40.9 Å². The molecule has 2 N–H and O–H groups in total. The van der Waals surface area contributed by atoms with Crippen molar-refractivity contribution in [3.8, 4) is 11.3 Å². The fraction of sp³-hybridized carbons (Fsp3) is 0.412. The molecule has 1 aliphatic rings. The van der Waals surface area contributed by atoms with Crippen molar-refractivity contribution >= 4 is 30.7 Å². The van der Waals surface area contributed by atoms with Crippen molar-refractivity contribution in [1.82, 2.24) is 9.88 Å². The Hall–Kier alpha value is -1.56. The number of hydrogen-bond donors (Lipinski definition) is 1. The van der Waals surface area contributed by atoms with Gasteiger partial charge in [0.05, 0.1) is 6.20 Å². The van der Waals surface area contributed by atoms with Crippen LogP contribution in [0.4, 0.5) is 0 Å². The molecule has 132 valence electrons. The molecule has 1 fully saturated rings. The number of amides is 1. The lowest BCUT2D eigenvalue weighted by Gasteiger charge is -2.23. The van der Waals surface area contributed by atoms with Crippen LogP contribution in [-0.4, -0.2) is 34.9 Å². The predicted molar refractivity (Wildman–Crippen MR) is 98.5 cm³/mol. The first-order valence-electron chi connectivity index (χ1n) is 7.77. The van der Waals surface area contributed by atoms with E-state index in [4.69, 9.17) is 10.2 Å². The Morgan fingerprint density at radius 2 is 2.04 bits per heavy atom. The lowest BCUT2D eigenvalue weighted by molar-refractivity contribution is -0.131.